The van der Waals surface area contributed by atoms with E-state index in [-0.39, 0.29) is 5.91 Å². The standard InChI is InChI=1S/C22H26N6O3S/c29-19-9-14(11-23-19)3-6-31-21-20-17(25-13-28(20)15-1-2-15)10-16(26-21)18-12-24-22(32-18)27-4-7-30-8-5-27/h10,12-15H,1-9,11H2,(H,23,29)/t14-/m1/s1. The molecule has 3 aliphatic rings. The molecule has 0 unspecified atom stereocenters. The Morgan fingerprint density at radius 3 is 2.91 bits per heavy atom. The molecule has 6 rings (SSSR count). The van der Waals surface area contributed by atoms with Gasteiger partial charge in [-0.05, 0) is 31.2 Å². The number of pyridine rings is 1. The van der Waals surface area contributed by atoms with Crippen molar-refractivity contribution in [3.63, 3.8) is 0 Å². The molecule has 0 bridgehead atoms. The van der Waals surface area contributed by atoms with Gasteiger partial charge in [-0.1, -0.05) is 11.3 Å². The number of morpholine rings is 1. The maximum Gasteiger partial charge on any atom is 0.240 e. The third kappa shape index (κ3) is 3.93. The fourth-order valence-corrected chi connectivity index (χ4v) is 5.29. The Hall–Kier alpha value is -2.72. The van der Waals surface area contributed by atoms with Gasteiger partial charge in [0.25, 0.3) is 0 Å². The summed E-state index contributed by atoms with van der Waals surface area (Å²) in [5.74, 6) is 1.08. The molecule has 1 amide bonds. The molecule has 0 radical (unpaired) electrons. The number of aromatic nitrogens is 4. The molecular weight excluding hydrogens is 428 g/mol. The van der Waals surface area contributed by atoms with E-state index in [1.807, 2.05) is 18.6 Å². The Morgan fingerprint density at radius 2 is 2.12 bits per heavy atom. The highest BCUT2D eigenvalue weighted by Crippen LogP contribution is 2.41. The molecule has 5 heterocycles. The predicted molar refractivity (Wildman–Crippen MR) is 121 cm³/mol. The summed E-state index contributed by atoms with van der Waals surface area (Å²) < 4.78 is 13.9. The normalized spacial score (nSPS) is 21.3. The van der Waals surface area contributed by atoms with Crippen LogP contribution in [0.3, 0.4) is 0 Å². The molecule has 9 nitrogen and oxygen atoms in total. The van der Waals surface area contributed by atoms with Crippen molar-refractivity contribution < 1.29 is 14.3 Å². The van der Waals surface area contributed by atoms with Gasteiger partial charge < -0.3 is 24.3 Å². The van der Waals surface area contributed by atoms with Gasteiger partial charge in [0.05, 0.1) is 42.2 Å². The van der Waals surface area contributed by atoms with E-state index in [9.17, 15) is 4.79 Å². The van der Waals surface area contributed by atoms with Gasteiger partial charge in [-0.25, -0.2) is 15.0 Å². The quantitative estimate of drug-likeness (QED) is 0.586. The Bertz CT molecular complexity index is 1130. The van der Waals surface area contributed by atoms with Crippen LogP contribution >= 0.6 is 11.3 Å². The van der Waals surface area contributed by atoms with Crippen LogP contribution in [0.4, 0.5) is 5.13 Å². The number of anilines is 1. The van der Waals surface area contributed by atoms with Crippen molar-refractivity contribution in [2.45, 2.75) is 31.7 Å². The van der Waals surface area contributed by atoms with Crippen LogP contribution in [0.1, 0.15) is 31.7 Å². The topological polar surface area (TPSA) is 94.4 Å². The molecule has 3 fully saturated rings. The van der Waals surface area contributed by atoms with Crippen molar-refractivity contribution in [3.05, 3.63) is 18.6 Å². The lowest BCUT2D eigenvalue weighted by Crippen LogP contribution is -2.36. The van der Waals surface area contributed by atoms with Gasteiger partial charge in [0, 0.05) is 38.3 Å². The lowest BCUT2D eigenvalue weighted by Gasteiger charge is -2.25. The number of amides is 1. The van der Waals surface area contributed by atoms with E-state index in [1.54, 1.807) is 11.3 Å². The zero-order valence-corrected chi connectivity index (χ0v) is 18.6. The smallest absolute Gasteiger partial charge is 0.240 e. The van der Waals surface area contributed by atoms with E-state index in [0.29, 0.717) is 30.9 Å². The van der Waals surface area contributed by atoms with E-state index in [0.717, 1.165) is 66.0 Å². The number of carbonyl (C=O) groups is 1. The molecule has 3 aromatic heterocycles. The van der Waals surface area contributed by atoms with E-state index in [4.69, 9.17) is 14.5 Å². The highest BCUT2D eigenvalue weighted by molar-refractivity contribution is 7.18. The maximum atomic E-state index is 11.5. The fraction of sp³-hybridized carbons (Fsp3) is 0.545. The number of rotatable bonds is 7. The number of imidazole rings is 1. The predicted octanol–water partition coefficient (Wildman–Crippen LogP) is 2.63. The lowest BCUT2D eigenvalue weighted by atomic mass is 10.1. The van der Waals surface area contributed by atoms with E-state index in [1.165, 1.54) is 12.8 Å². The molecule has 10 heteroatoms. The van der Waals surface area contributed by atoms with Crippen LogP contribution in [0.15, 0.2) is 18.6 Å². The summed E-state index contributed by atoms with van der Waals surface area (Å²) >= 11 is 1.64. The van der Waals surface area contributed by atoms with Crippen LogP contribution in [-0.4, -0.2) is 64.9 Å². The van der Waals surface area contributed by atoms with Crippen molar-refractivity contribution in [1.82, 2.24) is 24.8 Å². The third-order valence-electron chi connectivity index (χ3n) is 6.31. The summed E-state index contributed by atoms with van der Waals surface area (Å²) in [4.78, 5) is 29.0. The molecule has 3 aromatic rings. The van der Waals surface area contributed by atoms with Crippen LogP contribution in [0, 0.1) is 5.92 Å². The van der Waals surface area contributed by atoms with E-state index in [2.05, 4.69) is 24.8 Å². The first-order valence-corrected chi connectivity index (χ1v) is 12.1. The van der Waals surface area contributed by atoms with Crippen molar-refractivity contribution in [3.8, 4) is 16.5 Å². The van der Waals surface area contributed by atoms with Gasteiger partial charge in [0.15, 0.2) is 5.13 Å². The van der Waals surface area contributed by atoms with Crippen LogP contribution in [0.2, 0.25) is 0 Å². The lowest BCUT2D eigenvalue weighted by molar-refractivity contribution is -0.119. The van der Waals surface area contributed by atoms with E-state index < -0.39 is 0 Å². The second kappa shape index (κ2) is 8.32. The molecule has 2 saturated heterocycles. The Balaban J connectivity index is 1.28. The van der Waals surface area contributed by atoms with Gasteiger partial charge in [-0.2, -0.15) is 0 Å². The highest BCUT2D eigenvalue weighted by atomic mass is 32.1. The van der Waals surface area contributed by atoms with Gasteiger partial charge in [-0.15, -0.1) is 0 Å². The summed E-state index contributed by atoms with van der Waals surface area (Å²) in [7, 11) is 0. The van der Waals surface area contributed by atoms with Gasteiger partial charge in [0.1, 0.15) is 5.52 Å². The fourth-order valence-electron chi connectivity index (χ4n) is 4.36. The summed E-state index contributed by atoms with van der Waals surface area (Å²) in [5.41, 5.74) is 2.70. The number of nitrogens with zero attached hydrogens (tertiary/aromatic N) is 5. The van der Waals surface area contributed by atoms with Gasteiger partial charge >= 0.3 is 0 Å². The van der Waals surface area contributed by atoms with Crippen LogP contribution in [0.25, 0.3) is 21.6 Å². The number of carbonyl (C=O) groups excluding carboxylic acids is 1. The number of hydrogen-bond acceptors (Lipinski definition) is 8. The first-order valence-electron chi connectivity index (χ1n) is 11.3. The van der Waals surface area contributed by atoms with Crippen molar-refractivity contribution in [2.24, 2.45) is 5.92 Å². The molecule has 1 atom stereocenters. The zero-order valence-electron chi connectivity index (χ0n) is 17.8. The van der Waals surface area contributed by atoms with Crippen molar-refractivity contribution in [1.29, 1.82) is 0 Å². The molecule has 1 aliphatic carbocycles. The zero-order chi connectivity index (χ0) is 21.5. The molecule has 1 saturated carbocycles. The molecule has 0 aromatic carbocycles. The summed E-state index contributed by atoms with van der Waals surface area (Å²) in [6, 6.07) is 2.53. The second-order valence-electron chi connectivity index (χ2n) is 8.68. The Labute approximate surface area is 189 Å². The monoisotopic (exact) mass is 454 g/mol. The van der Waals surface area contributed by atoms with Crippen molar-refractivity contribution >= 4 is 33.4 Å². The van der Waals surface area contributed by atoms with Gasteiger partial charge in [0.2, 0.25) is 11.8 Å². The molecule has 32 heavy (non-hydrogen) atoms. The molecule has 2 aliphatic heterocycles. The molecule has 168 valence electrons. The van der Waals surface area contributed by atoms with Crippen LogP contribution in [0.5, 0.6) is 5.88 Å². The van der Waals surface area contributed by atoms with Crippen molar-refractivity contribution in [2.75, 3.05) is 44.4 Å². The van der Waals surface area contributed by atoms with Crippen LogP contribution in [-0.2, 0) is 9.53 Å². The highest BCUT2D eigenvalue weighted by Gasteiger charge is 2.28. The minimum atomic E-state index is 0.130. The number of nitrogens with one attached hydrogen (secondary N) is 1. The largest absolute Gasteiger partial charge is 0.476 e. The second-order valence-corrected chi connectivity index (χ2v) is 9.69. The molecule has 1 N–H and O–H groups in total. The first kappa shape index (κ1) is 19.9. The number of fused-ring (bicyclic) bond motifs is 1. The van der Waals surface area contributed by atoms with Crippen LogP contribution < -0.4 is 15.0 Å². The summed E-state index contributed by atoms with van der Waals surface area (Å²) in [5, 5.41) is 3.89. The maximum absolute atomic E-state index is 11.5. The Kier molecular flexibility index (Phi) is 5.18. The summed E-state index contributed by atoms with van der Waals surface area (Å²) in [6.07, 6.45) is 7.54. The molecular formula is C22H26N6O3S. The minimum Gasteiger partial charge on any atom is -0.476 e. The molecule has 0 spiro atoms. The Morgan fingerprint density at radius 1 is 1.25 bits per heavy atom. The SMILES string of the molecule is O=C1C[C@@H](CCOc2nc(-c3cnc(N4CCOCC4)s3)cc3ncn(C4CC4)c23)CN1. The average molecular weight is 455 g/mol. The number of ether oxygens (including phenoxy) is 2. The number of hydrogen-bond donors (Lipinski definition) is 1. The third-order valence-corrected chi connectivity index (χ3v) is 7.40. The summed E-state index contributed by atoms with van der Waals surface area (Å²) in [6.45, 7) is 4.45. The first-order chi connectivity index (χ1) is 15.7. The van der Waals surface area contributed by atoms with Gasteiger partial charge in [-0.3, -0.25) is 4.79 Å². The van der Waals surface area contributed by atoms with E-state index >= 15 is 0 Å². The number of thiazole rings is 1. The minimum absolute atomic E-state index is 0.130. The average Bonchev–Trinajstić information content (AvgIpc) is 3.20.